The smallest absolute Gasteiger partial charge is 0.337 e. The van der Waals surface area contributed by atoms with Gasteiger partial charge in [0, 0.05) is 23.6 Å². The van der Waals surface area contributed by atoms with E-state index in [-0.39, 0.29) is 5.69 Å². The molecular formula is C20H12F3N5. The van der Waals surface area contributed by atoms with Gasteiger partial charge in [0.15, 0.2) is 11.5 Å². The molecule has 2 aromatic carbocycles. The molecule has 0 saturated carbocycles. The summed E-state index contributed by atoms with van der Waals surface area (Å²) in [6.45, 7) is 0. The zero-order chi connectivity index (χ0) is 19.7. The lowest BCUT2D eigenvalue weighted by Gasteiger charge is -2.11. The third kappa shape index (κ3) is 3.25. The predicted octanol–water partition coefficient (Wildman–Crippen LogP) is 5.03. The van der Waals surface area contributed by atoms with Crippen LogP contribution in [0.1, 0.15) is 11.1 Å². The Morgan fingerprint density at radius 3 is 2.64 bits per heavy atom. The predicted molar refractivity (Wildman–Crippen MR) is 97.9 cm³/mol. The Morgan fingerprint density at radius 1 is 1.04 bits per heavy atom. The quantitative estimate of drug-likeness (QED) is 0.542. The highest BCUT2D eigenvalue weighted by molar-refractivity contribution is 5.74. The average Bonchev–Trinajstić information content (AvgIpc) is 3.13. The molecule has 0 radical (unpaired) electrons. The molecule has 0 saturated heterocycles. The van der Waals surface area contributed by atoms with Crippen molar-refractivity contribution in [3.05, 3.63) is 78.2 Å². The molecule has 0 aliphatic rings. The number of nitrogens with one attached hydrogen (secondary N) is 1. The van der Waals surface area contributed by atoms with E-state index < -0.39 is 11.7 Å². The molecule has 138 valence electrons. The zero-order valence-corrected chi connectivity index (χ0v) is 14.3. The van der Waals surface area contributed by atoms with Crippen LogP contribution in [0.15, 0.2) is 67.1 Å². The number of alkyl halides is 3. The van der Waals surface area contributed by atoms with Gasteiger partial charge in [0.05, 0.1) is 29.1 Å². The minimum atomic E-state index is -4.43. The lowest BCUT2D eigenvalue weighted by Crippen LogP contribution is -2.05. The number of hydrogen-bond donors (Lipinski definition) is 1. The van der Waals surface area contributed by atoms with E-state index in [4.69, 9.17) is 5.26 Å². The van der Waals surface area contributed by atoms with Crippen LogP contribution in [0, 0.1) is 11.3 Å². The minimum absolute atomic E-state index is 0.256. The SMILES string of the molecule is N#Cc1cccc(-c2cnc3c(Nc4cccc(C(F)(F)F)c4)nccn23)c1. The van der Waals surface area contributed by atoms with Crippen LogP contribution in [0.3, 0.4) is 0 Å². The third-order valence-corrected chi connectivity index (χ3v) is 4.17. The number of benzene rings is 2. The van der Waals surface area contributed by atoms with Gasteiger partial charge in [0.1, 0.15) is 0 Å². The van der Waals surface area contributed by atoms with E-state index in [1.54, 1.807) is 35.0 Å². The molecule has 0 unspecified atom stereocenters. The Morgan fingerprint density at radius 2 is 1.86 bits per heavy atom. The summed E-state index contributed by atoms with van der Waals surface area (Å²) in [6, 6.07) is 14.0. The molecule has 4 rings (SSSR count). The lowest BCUT2D eigenvalue weighted by atomic mass is 10.1. The van der Waals surface area contributed by atoms with Crippen molar-refractivity contribution in [1.29, 1.82) is 5.26 Å². The van der Waals surface area contributed by atoms with Crippen molar-refractivity contribution in [1.82, 2.24) is 14.4 Å². The van der Waals surface area contributed by atoms with Crippen LogP contribution in [-0.2, 0) is 6.18 Å². The maximum atomic E-state index is 12.9. The van der Waals surface area contributed by atoms with Gasteiger partial charge in [0.2, 0.25) is 0 Å². The molecule has 2 aromatic heterocycles. The van der Waals surface area contributed by atoms with Gasteiger partial charge in [-0.15, -0.1) is 0 Å². The van der Waals surface area contributed by atoms with E-state index in [0.717, 1.165) is 23.4 Å². The Bertz CT molecular complexity index is 1200. The number of halogens is 3. The molecule has 0 aliphatic heterocycles. The fourth-order valence-electron chi connectivity index (χ4n) is 2.88. The maximum Gasteiger partial charge on any atom is 0.416 e. The summed E-state index contributed by atoms with van der Waals surface area (Å²) >= 11 is 0. The second-order valence-electron chi connectivity index (χ2n) is 6.01. The van der Waals surface area contributed by atoms with Crippen LogP contribution in [0.5, 0.6) is 0 Å². The first-order valence-electron chi connectivity index (χ1n) is 8.22. The van der Waals surface area contributed by atoms with Gasteiger partial charge in [0.25, 0.3) is 0 Å². The number of imidazole rings is 1. The summed E-state index contributed by atoms with van der Waals surface area (Å²) in [4.78, 5) is 8.56. The summed E-state index contributed by atoms with van der Waals surface area (Å²) < 4.78 is 40.6. The molecule has 0 aliphatic carbocycles. The van der Waals surface area contributed by atoms with Crippen molar-refractivity contribution in [3.8, 4) is 17.3 Å². The summed E-state index contributed by atoms with van der Waals surface area (Å²) in [5, 5.41) is 12.0. The third-order valence-electron chi connectivity index (χ3n) is 4.17. The highest BCUT2D eigenvalue weighted by atomic mass is 19.4. The van der Waals surface area contributed by atoms with Crippen LogP contribution in [0.2, 0.25) is 0 Å². The largest absolute Gasteiger partial charge is 0.416 e. The molecule has 0 fully saturated rings. The van der Waals surface area contributed by atoms with E-state index in [2.05, 4.69) is 21.4 Å². The first-order chi connectivity index (χ1) is 13.5. The van der Waals surface area contributed by atoms with Crippen molar-refractivity contribution in [2.45, 2.75) is 6.18 Å². The Labute approximate surface area is 157 Å². The summed E-state index contributed by atoms with van der Waals surface area (Å²) in [5.41, 5.74) is 2.01. The van der Waals surface area contributed by atoms with Crippen LogP contribution in [0.4, 0.5) is 24.7 Å². The van der Waals surface area contributed by atoms with E-state index in [1.807, 2.05) is 6.07 Å². The topological polar surface area (TPSA) is 66.0 Å². The molecule has 28 heavy (non-hydrogen) atoms. The number of anilines is 2. The Balaban J connectivity index is 1.74. The van der Waals surface area contributed by atoms with Crippen LogP contribution >= 0.6 is 0 Å². The minimum Gasteiger partial charge on any atom is -0.337 e. The molecule has 0 spiro atoms. The Kier molecular flexibility index (Phi) is 4.20. The molecule has 4 aromatic rings. The van der Waals surface area contributed by atoms with Crippen LogP contribution < -0.4 is 5.32 Å². The first kappa shape index (κ1) is 17.5. The normalized spacial score (nSPS) is 11.4. The number of fused-ring (bicyclic) bond motifs is 1. The zero-order valence-electron chi connectivity index (χ0n) is 14.3. The van der Waals surface area contributed by atoms with Crippen molar-refractivity contribution < 1.29 is 13.2 Å². The van der Waals surface area contributed by atoms with Gasteiger partial charge < -0.3 is 5.32 Å². The maximum absolute atomic E-state index is 12.9. The van der Waals surface area contributed by atoms with Gasteiger partial charge in [-0.1, -0.05) is 18.2 Å². The molecule has 0 bridgehead atoms. The molecule has 0 amide bonds. The summed E-state index contributed by atoms with van der Waals surface area (Å²) in [7, 11) is 0. The fourth-order valence-corrected chi connectivity index (χ4v) is 2.88. The van der Waals surface area contributed by atoms with E-state index in [1.165, 1.54) is 18.3 Å². The van der Waals surface area contributed by atoms with Gasteiger partial charge in [-0.05, 0) is 30.3 Å². The van der Waals surface area contributed by atoms with Crippen LogP contribution in [0.25, 0.3) is 16.9 Å². The number of aromatic nitrogens is 3. The lowest BCUT2D eigenvalue weighted by molar-refractivity contribution is -0.137. The van der Waals surface area contributed by atoms with Gasteiger partial charge in [-0.3, -0.25) is 4.40 Å². The van der Waals surface area contributed by atoms with E-state index in [9.17, 15) is 13.2 Å². The average molecular weight is 379 g/mol. The van der Waals surface area contributed by atoms with Crippen molar-refractivity contribution >= 4 is 17.2 Å². The Hall–Kier alpha value is -3.86. The fraction of sp³-hybridized carbons (Fsp3) is 0.0500. The standard InChI is InChI=1S/C20H12F3N5/c21-20(22,23)15-5-2-6-16(10-15)27-18-19-26-12-17(28(19)8-7-25-18)14-4-1-3-13(9-14)11-24/h1-10,12H,(H,25,27). The number of nitrogens with zero attached hydrogens (tertiary/aromatic N) is 4. The molecule has 2 heterocycles. The molecule has 8 heteroatoms. The van der Waals surface area contributed by atoms with E-state index >= 15 is 0 Å². The van der Waals surface area contributed by atoms with Crippen LogP contribution in [-0.4, -0.2) is 14.4 Å². The molecular weight excluding hydrogens is 367 g/mol. The molecule has 5 nitrogen and oxygen atoms in total. The van der Waals surface area contributed by atoms with Crippen molar-refractivity contribution in [2.75, 3.05) is 5.32 Å². The van der Waals surface area contributed by atoms with Gasteiger partial charge in [-0.25, -0.2) is 9.97 Å². The highest BCUT2D eigenvalue weighted by Crippen LogP contribution is 2.32. The van der Waals surface area contributed by atoms with Gasteiger partial charge >= 0.3 is 6.18 Å². The summed E-state index contributed by atoms with van der Waals surface area (Å²) in [5.74, 6) is 0.324. The van der Waals surface area contributed by atoms with E-state index in [0.29, 0.717) is 17.0 Å². The van der Waals surface area contributed by atoms with Crippen molar-refractivity contribution in [3.63, 3.8) is 0 Å². The van der Waals surface area contributed by atoms with Crippen molar-refractivity contribution in [2.24, 2.45) is 0 Å². The number of rotatable bonds is 3. The first-order valence-corrected chi connectivity index (χ1v) is 8.22. The second-order valence-corrected chi connectivity index (χ2v) is 6.01. The number of hydrogen-bond acceptors (Lipinski definition) is 4. The van der Waals surface area contributed by atoms with Gasteiger partial charge in [-0.2, -0.15) is 18.4 Å². The number of nitriles is 1. The molecule has 1 N–H and O–H groups in total. The summed E-state index contributed by atoms with van der Waals surface area (Å²) in [6.07, 6.45) is 0.435. The molecule has 0 atom stereocenters. The highest BCUT2D eigenvalue weighted by Gasteiger charge is 2.30. The second kappa shape index (κ2) is 6.70. The monoisotopic (exact) mass is 379 g/mol.